The van der Waals surface area contributed by atoms with E-state index in [0.29, 0.717) is 52.7 Å². The van der Waals surface area contributed by atoms with Crippen molar-refractivity contribution in [2.45, 2.75) is 12.5 Å². The van der Waals surface area contributed by atoms with Crippen LogP contribution >= 0.6 is 0 Å². The molecular weight excluding hydrogens is 360 g/mol. The Morgan fingerprint density at radius 3 is 2.71 bits per heavy atom. The number of fused-ring (bicyclic) bond motifs is 1. The fourth-order valence-electron chi connectivity index (χ4n) is 3.08. The fourth-order valence-corrected chi connectivity index (χ4v) is 3.08. The topological polar surface area (TPSA) is 92.9 Å². The molecule has 1 amide bonds. The van der Waals surface area contributed by atoms with Crippen molar-refractivity contribution in [1.29, 1.82) is 0 Å². The van der Waals surface area contributed by atoms with Crippen LogP contribution in [0, 0.1) is 0 Å². The minimum absolute atomic E-state index is 0.0137. The van der Waals surface area contributed by atoms with E-state index >= 15 is 0 Å². The van der Waals surface area contributed by atoms with Crippen molar-refractivity contribution in [3.63, 3.8) is 0 Å². The van der Waals surface area contributed by atoms with Crippen molar-refractivity contribution in [2.75, 3.05) is 20.3 Å². The lowest BCUT2D eigenvalue weighted by Crippen LogP contribution is -2.15. The summed E-state index contributed by atoms with van der Waals surface area (Å²) in [5, 5.41) is 0.688. The molecule has 0 aliphatic carbocycles. The number of primary amides is 1. The van der Waals surface area contributed by atoms with Gasteiger partial charge in [0.2, 0.25) is 5.91 Å². The minimum atomic E-state index is -0.507. The van der Waals surface area contributed by atoms with Gasteiger partial charge in [0.25, 0.3) is 0 Å². The second-order valence-corrected chi connectivity index (χ2v) is 6.46. The molecule has 0 bridgehead atoms. The third-order valence-electron chi connectivity index (χ3n) is 4.49. The molecule has 0 saturated carbocycles. The van der Waals surface area contributed by atoms with E-state index < -0.39 is 5.91 Å². The van der Waals surface area contributed by atoms with E-state index in [0.717, 1.165) is 6.42 Å². The standard InChI is InChI=1S/C21H20N2O5/c1-25-15-9-16(27-14-5-7-26-12-14)11-17(10-15)28-20-4-6-23-19-3-2-13(21(22)24)8-18(19)20/h2-4,6,8-11,14H,5,7,12H2,1H3,(H2,22,24)/t14-/m1/s1. The van der Waals surface area contributed by atoms with Gasteiger partial charge in [-0.2, -0.15) is 0 Å². The van der Waals surface area contributed by atoms with Gasteiger partial charge in [-0.1, -0.05) is 0 Å². The zero-order valence-corrected chi connectivity index (χ0v) is 15.4. The summed E-state index contributed by atoms with van der Waals surface area (Å²) in [4.78, 5) is 15.8. The maximum atomic E-state index is 11.5. The van der Waals surface area contributed by atoms with E-state index in [1.807, 2.05) is 0 Å². The van der Waals surface area contributed by atoms with Gasteiger partial charge in [-0.15, -0.1) is 0 Å². The number of carbonyl (C=O) groups excluding carboxylic acids is 1. The Balaban J connectivity index is 1.68. The van der Waals surface area contributed by atoms with Gasteiger partial charge < -0.3 is 24.7 Å². The Morgan fingerprint density at radius 1 is 1.14 bits per heavy atom. The summed E-state index contributed by atoms with van der Waals surface area (Å²) < 4.78 is 22.8. The number of hydrogen-bond donors (Lipinski definition) is 1. The maximum Gasteiger partial charge on any atom is 0.248 e. The quantitative estimate of drug-likeness (QED) is 0.705. The molecule has 0 radical (unpaired) electrons. The number of pyridine rings is 1. The predicted molar refractivity (Wildman–Crippen MR) is 103 cm³/mol. The molecule has 1 fully saturated rings. The summed E-state index contributed by atoms with van der Waals surface area (Å²) in [6, 6.07) is 12.2. The number of carbonyl (C=O) groups is 1. The van der Waals surface area contributed by atoms with Crippen LogP contribution < -0.4 is 19.9 Å². The molecule has 144 valence electrons. The molecule has 1 aliphatic heterocycles. The van der Waals surface area contributed by atoms with Crippen LogP contribution in [-0.4, -0.2) is 37.3 Å². The first kappa shape index (κ1) is 18.1. The zero-order chi connectivity index (χ0) is 19.5. The van der Waals surface area contributed by atoms with E-state index in [2.05, 4.69) is 4.98 Å². The van der Waals surface area contributed by atoms with Gasteiger partial charge in [-0.25, -0.2) is 0 Å². The highest BCUT2D eigenvalue weighted by molar-refractivity contribution is 5.98. The summed E-state index contributed by atoms with van der Waals surface area (Å²) in [6.45, 7) is 1.27. The average Bonchev–Trinajstić information content (AvgIpc) is 3.20. The molecule has 2 heterocycles. The molecule has 2 aromatic carbocycles. The lowest BCUT2D eigenvalue weighted by atomic mass is 10.1. The molecule has 7 heteroatoms. The largest absolute Gasteiger partial charge is 0.496 e. The molecular formula is C21H20N2O5. The number of nitrogens with zero attached hydrogens (tertiary/aromatic N) is 1. The van der Waals surface area contributed by atoms with E-state index in [-0.39, 0.29) is 6.10 Å². The van der Waals surface area contributed by atoms with E-state index in [1.165, 1.54) is 0 Å². The van der Waals surface area contributed by atoms with Crippen LogP contribution in [0.3, 0.4) is 0 Å². The molecule has 7 nitrogen and oxygen atoms in total. The monoisotopic (exact) mass is 380 g/mol. The van der Waals surface area contributed by atoms with Crippen LogP contribution in [0.5, 0.6) is 23.0 Å². The SMILES string of the molecule is COc1cc(Oc2ccnc3ccc(C(N)=O)cc23)cc(O[C@@H]2CCOC2)c1. The smallest absolute Gasteiger partial charge is 0.248 e. The zero-order valence-electron chi connectivity index (χ0n) is 15.4. The van der Waals surface area contributed by atoms with Crippen molar-refractivity contribution in [2.24, 2.45) is 5.73 Å². The lowest BCUT2D eigenvalue weighted by Gasteiger charge is -2.15. The summed E-state index contributed by atoms with van der Waals surface area (Å²) in [7, 11) is 1.59. The van der Waals surface area contributed by atoms with Crippen LogP contribution in [0.15, 0.2) is 48.7 Å². The Bertz CT molecular complexity index is 1010. The van der Waals surface area contributed by atoms with Crippen molar-refractivity contribution < 1.29 is 23.7 Å². The summed E-state index contributed by atoms with van der Waals surface area (Å²) in [5.41, 5.74) is 6.49. The summed E-state index contributed by atoms with van der Waals surface area (Å²) >= 11 is 0. The molecule has 0 unspecified atom stereocenters. The third kappa shape index (κ3) is 3.84. The van der Waals surface area contributed by atoms with Gasteiger partial charge in [-0.05, 0) is 24.3 Å². The molecule has 1 aliphatic rings. The normalized spacial score (nSPS) is 16.1. The van der Waals surface area contributed by atoms with E-state index in [4.69, 9.17) is 24.7 Å². The first-order valence-corrected chi connectivity index (χ1v) is 8.92. The number of nitrogens with two attached hydrogens (primary N) is 1. The van der Waals surface area contributed by atoms with Crippen molar-refractivity contribution in [3.05, 3.63) is 54.2 Å². The van der Waals surface area contributed by atoms with E-state index in [9.17, 15) is 4.79 Å². The summed E-state index contributed by atoms with van der Waals surface area (Å²) in [6.07, 6.45) is 2.51. The summed E-state index contributed by atoms with van der Waals surface area (Å²) in [5.74, 6) is 1.85. The Kier molecular flexibility index (Phi) is 4.99. The van der Waals surface area contributed by atoms with Gasteiger partial charge in [0, 0.05) is 41.8 Å². The number of hydrogen-bond acceptors (Lipinski definition) is 6. The van der Waals surface area contributed by atoms with Crippen molar-refractivity contribution in [1.82, 2.24) is 4.98 Å². The number of ether oxygens (including phenoxy) is 4. The van der Waals surface area contributed by atoms with Crippen LogP contribution in [0.25, 0.3) is 10.9 Å². The number of aromatic nitrogens is 1. The first-order valence-electron chi connectivity index (χ1n) is 8.92. The Labute approximate surface area is 162 Å². The van der Waals surface area contributed by atoms with Crippen LogP contribution in [0.2, 0.25) is 0 Å². The first-order chi connectivity index (χ1) is 13.6. The van der Waals surface area contributed by atoms with Crippen molar-refractivity contribution in [3.8, 4) is 23.0 Å². The number of amides is 1. The lowest BCUT2D eigenvalue weighted by molar-refractivity contribution is 0.100. The Morgan fingerprint density at radius 2 is 1.96 bits per heavy atom. The van der Waals surface area contributed by atoms with Crippen LogP contribution in [0.1, 0.15) is 16.8 Å². The second-order valence-electron chi connectivity index (χ2n) is 6.46. The molecule has 1 saturated heterocycles. The molecule has 0 spiro atoms. The highest BCUT2D eigenvalue weighted by atomic mass is 16.5. The molecule has 3 aromatic rings. The molecule has 1 aromatic heterocycles. The average molecular weight is 380 g/mol. The fraction of sp³-hybridized carbons (Fsp3) is 0.238. The highest BCUT2D eigenvalue weighted by Gasteiger charge is 2.18. The molecule has 2 N–H and O–H groups in total. The number of benzene rings is 2. The number of rotatable bonds is 6. The van der Waals surface area contributed by atoms with Gasteiger partial charge >= 0.3 is 0 Å². The molecule has 28 heavy (non-hydrogen) atoms. The maximum absolute atomic E-state index is 11.5. The van der Waals surface area contributed by atoms with Crippen molar-refractivity contribution >= 4 is 16.8 Å². The minimum Gasteiger partial charge on any atom is -0.496 e. The van der Waals surface area contributed by atoms with Gasteiger partial charge in [0.05, 0.1) is 25.8 Å². The highest BCUT2D eigenvalue weighted by Crippen LogP contribution is 2.34. The number of methoxy groups -OCH3 is 1. The van der Waals surface area contributed by atoms with E-state index in [1.54, 1.807) is 55.8 Å². The Hall–Kier alpha value is -3.32. The van der Waals surface area contributed by atoms with Gasteiger partial charge in [-0.3, -0.25) is 9.78 Å². The van der Waals surface area contributed by atoms with Crippen LogP contribution in [-0.2, 0) is 4.74 Å². The predicted octanol–water partition coefficient (Wildman–Crippen LogP) is 3.30. The third-order valence-corrected chi connectivity index (χ3v) is 4.49. The molecule has 4 rings (SSSR count). The van der Waals surface area contributed by atoms with Gasteiger partial charge in [0.15, 0.2) is 0 Å². The second kappa shape index (κ2) is 7.74. The van der Waals surface area contributed by atoms with Crippen LogP contribution in [0.4, 0.5) is 0 Å². The molecule has 1 atom stereocenters. The van der Waals surface area contributed by atoms with Gasteiger partial charge in [0.1, 0.15) is 29.1 Å².